The van der Waals surface area contributed by atoms with Crippen LogP contribution in [0.2, 0.25) is 0 Å². The second kappa shape index (κ2) is 7.46. The molecule has 0 saturated heterocycles. The van der Waals surface area contributed by atoms with Crippen LogP contribution >= 0.6 is 0 Å². The van der Waals surface area contributed by atoms with Crippen molar-refractivity contribution in [3.05, 3.63) is 29.3 Å². The van der Waals surface area contributed by atoms with E-state index in [2.05, 4.69) is 11.4 Å². The van der Waals surface area contributed by atoms with Crippen LogP contribution in [-0.2, 0) is 16.0 Å². The Morgan fingerprint density at radius 3 is 2.90 bits per heavy atom. The topological polar surface area (TPSA) is 47.6 Å². The molecule has 2 atom stereocenters. The zero-order chi connectivity index (χ0) is 15.2. The number of fused-ring (bicyclic) bond motifs is 1. The Bertz CT molecular complexity index is 487. The molecule has 1 aromatic carbocycles. The van der Waals surface area contributed by atoms with Crippen molar-refractivity contribution >= 4 is 5.97 Å². The first-order valence-corrected chi connectivity index (χ1v) is 7.83. The lowest BCUT2D eigenvalue weighted by Crippen LogP contribution is -2.30. The van der Waals surface area contributed by atoms with E-state index in [1.807, 2.05) is 33.0 Å². The molecule has 0 amide bonds. The highest BCUT2D eigenvalue weighted by molar-refractivity contribution is 5.75. The highest BCUT2D eigenvalue weighted by Gasteiger charge is 2.25. The normalized spacial score (nSPS) is 18.7. The number of nitrogens with one attached hydrogen (secondary N) is 1. The van der Waals surface area contributed by atoms with Crippen LogP contribution in [0.5, 0.6) is 5.75 Å². The summed E-state index contributed by atoms with van der Waals surface area (Å²) in [6.45, 7) is 4.13. The predicted octanol–water partition coefficient (Wildman–Crippen LogP) is 3.00. The molecule has 0 aromatic heterocycles. The molecule has 1 aliphatic rings. The molecule has 0 bridgehead atoms. The number of carbonyl (C=O) groups excluding carboxylic acids is 1. The molecule has 0 spiro atoms. The lowest BCUT2D eigenvalue weighted by atomic mass is 9.87. The summed E-state index contributed by atoms with van der Waals surface area (Å²) in [5.74, 6) is 0.547. The standard InChI is InChI=1S/C17H25NO3/c1-4-15(17(19)20-5-2)21-16-11-7-8-12-13(16)9-6-10-14(12)18-3/h7-8,11,14-15,18H,4-6,9-10H2,1-3H3. The van der Waals surface area contributed by atoms with E-state index in [1.54, 1.807) is 0 Å². The zero-order valence-electron chi connectivity index (χ0n) is 13.1. The van der Waals surface area contributed by atoms with E-state index in [1.165, 1.54) is 11.1 Å². The van der Waals surface area contributed by atoms with Crippen molar-refractivity contribution in [2.45, 2.75) is 51.7 Å². The van der Waals surface area contributed by atoms with Gasteiger partial charge in [0.05, 0.1) is 6.61 Å². The second-order valence-corrected chi connectivity index (χ2v) is 5.32. The van der Waals surface area contributed by atoms with Gasteiger partial charge in [-0.1, -0.05) is 19.1 Å². The maximum atomic E-state index is 11.9. The van der Waals surface area contributed by atoms with Gasteiger partial charge in [0, 0.05) is 6.04 Å². The summed E-state index contributed by atoms with van der Waals surface area (Å²) in [7, 11) is 1.99. The van der Waals surface area contributed by atoms with E-state index in [0.29, 0.717) is 19.1 Å². The number of rotatable bonds is 6. The number of carbonyl (C=O) groups is 1. The molecule has 0 fully saturated rings. The maximum absolute atomic E-state index is 11.9. The lowest BCUT2D eigenvalue weighted by molar-refractivity contribution is -0.151. The van der Waals surface area contributed by atoms with Gasteiger partial charge in [-0.2, -0.15) is 0 Å². The maximum Gasteiger partial charge on any atom is 0.347 e. The molecule has 0 saturated carbocycles. The Hall–Kier alpha value is -1.55. The van der Waals surface area contributed by atoms with E-state index < -0.39 is 6.10 Å². The SMILES string of the molecule is CCOC(=O)C(CC)Oc1cccc2c1CCCC2NC. The van der Waals surface area contributed by atoms with Gasteiger partial charge in [-0.05, 0) is 56.8 Å². The van der Waals surface area contributed by atoms with E-state index in [4.69, 9.17) is 9.47 Å². The molecular weight excluding hydrogens is 266 g/mol. The van der Waals surface area contributed by atoms with Crippen molar-refractivity contribution < 1.29 is 14.3 Å². The van der Waals surface area contributed by atoms with Crippen LogP contribution in [0, 0.1) is 0 Å². The minimum Gasteiger partial charge on any atom is -0.478 e. The van der Waals surface area contributed by atoms with E-state index in [0.717, 1.165) is 25.0 Å². The molecule has 2 rings (SSSR count). The van der Waals surface area contributed by atoms with Crippen molar-refractivity contribution in [2.75, 3.05) is 13.7 Å². The van der Waals surface area contributed by atoms with Crippen molar-refractivity contribution in [3.63, 3.8) is 0 Å². The fourth-order valence-corrected chi connectivity index (χ4v) is 2.91. The summed E-state index contributed by atoms with van der Waals surface area (Å²) in [5.41, 5.74) is 2.52. The smallest absolute Gasteiger partial charge is 0.347 e. The minimum atomic E-state index is -0.522. The number of hydrogen-bond acceptors (Lipinski definition) is 4. The van der Waals surface area contributed by atoms with Gasteiger partial charge in [0.15, 0.2) is 6.10 Å². The summed E-state index contributed by atoms with van der Waals surface area (Å²) in [6.07, 6.45) is 3.37. The number of ether oxygens (including phenoxy) is 2. The fourth-order valence-electron chi connectivity index (χ4n) is 2.91. The van der Waals surface area contributed by atoms with Crippen molar-refractivity contribution in [1.82, 2.24) is 5.32 Å². The zero-order valence-corrected chi connectivity index (χ0v) is 13.1. The van der Waals surface area contributed by atoms with Crippen molar-refractivity contribution in [3.8, 4) is 5.75 Å². The first-order chi connectivity index (χ1) is 10.2. The summed E-state index contributed by atoms with van der Waals surface area (Å²) in [5, 5.41) is 3.35. The number of benzene rings is 1. The summed E-state index contributed by atoms with van der Waals surface area (Å²) >= 11 is 0. The summed E-state index contributed by atoms with van der Waals surface area (Å²) in [6, 6.07) is 6.48. The third-order valence-corrected chi connectivity index (χ3v) is 4.00. The van der Waals surface area contributed by atoms with Crippen LogP contribution in [0.25, 0.3) is 0 Å². The highest BCUT2D eigenvalue weighted by atomic mass is 16.6. The van der Waals surface area contributed by atoms with E-state index in [-0.39, 0.29) is 5.97 Å². The Labute approximate surface area is 126 Å². The molecule has 0 radical (unpaired) electrons. The molecule has 2 unspecified atom stereocenters. The molecule has 21 heavy (non-hydrogen) atoms. The average Bonchev–Trinajstić information content (AvgIpc) is 2.52. The van der Waals surface area contributed by atoms with Crippen LogP contribution in [0.15, 0.2) is 18.2 Å². The highest BCUT2D eigenvalue weighted by Crippen LogP contribution is 2.35. The van der Waals surface area contributed by atoms with Gasteiger partial charge in [0.2, 0.25) is 0 Å². The van der Waals surface area contributed by atoms with Crippen LogP contribution in [0.1, 0.15) is 50.3 Å². The quantitative estimate of drug-likeness (QED) is 0.819. The van der Waals surface area contributed by atoms with Gasteiger partial charge in [-0.15, -0.1) is 0 Å². The monoisotopic (exact) mass is 291 g/mol. The van der Waals surface area contributed by atoms with Crippen LogP contribution < -0.4 is 10.1 Å². The molecule has 116 valence electrons. The first kappa shape index (κ1) is 15.8. The lowest BCUT2D eigenvalue weighted by Gasteiger charge is -2.28. The van der Waals surface area contributed by atoms with E-state index >= 15 is 0 Å². The van der Waals surface area contributed by atoms with Crippen LogP contribution in [0.3, 0.4) is 0 Å². The van der Waals surface area contributed by atoms with Gasteiger partial charge >= 0.3 is 5.97 Å². The van der Waals surface area contributed by atoms with Crippen molar-refractivity contribution in [2.24, 2.45) is 0 Å². The Balaban J connectivity index is 2.22. The molecule has 1 aromatic rings. The largest absolute Gasteiger partial charge is 0.478 e. The first-order valence-electron chi connectivity index (χ1n) is 7.83. The fraction of sp³-hybridized carbons (Fsp3) is 0.588. The Morgan fingerprint density at radius 1 is 1.43 bits per heavy atom. The number of hydrogen-bond donors (Lipinski definition) is 1. The van der Waals surface area contributed by atoms with Gasteiger partial charge in [-0.25, -0.2) is 4.79 Å². The van der Waals surface area contributed by atoms with Crippen molar-refractivity contribution in [1.29, 1.82) is 0 Å². The second-order valence-electron chi connectivity index (χ2n) is 5.32. The molecule has 1 aliphatic carbocycles. The number of esters is 1. The molecule has 4 nitrogen and oxygen atoms in total. The van der Waals surface area contributed by atoms with Gasteiger partial charge in [0.25, 0.3) is 0 Å². The predicted molar refractivity (Wildman–Crippen MR) is 82.5 cm³/mol. The third kappa shape index (κ3) is 3.56. The Morgan fingerprint density at radius 2 is 2.24 bits per heavy atom. The third-order valence-electron chi connectivity index (χ3n) is 4.00. The van der Waals surface area contributed by atoms with Crippen LogP contribution in [-0.4, -0.2) is 25.7 Å². The molecular formula is C17H25NO3. The average molecular weight is 291 g/mol. The molecule has 4 heteroatoms. The molecule has 1 N–H and O–H groups in total. The van der Waals surface area contributed by atoms with E-state index in [9.17, 15) is 4.79 Å². The van der Waals surface area contributed by atoms with Gasteiger partial charge in [0.1, 0.15) is 5.75 Å². The van der Waals surface area contributed by atoms with Gasteiger partial charge < -0.3 is 14.8 Å². The molecule has 0 heterocycles. The molecule has 0 aliphatic heterocycles. The van der Waals surface area contributed by atoms with Gasteiger partial charge in [-0.3, -0.25) is 0 Å². The minimum absolute atomic E-state index is 0.279. The summed E-state index contributed by atoms with van der Waals surface area (Å²) < 4.78 is 11.0. The van der Waals surface area contributed by atoms with Crippen LogP contribution in [0.4, 0.5) is 0 Å². The summed E-state index contributed by atoms with van der Waals surface area (Å²) in [4.78, 5) is 11.9. The Kier molecular flexibility index (Phi) is 5.62.